The van der Waals surface area contributed by atoms with Crippen molar-refractivity contribution >= 4 is 0 Å². The summed E-state index contributed by atoms with van der Waals surface area (Å²) in [5, 5.41) is 10.1. The van der Waals surface area contributed by atoms with Crippen molar-refractivity contribution in [3.63, 3.8) is 0 Å². The number of hydrogen-bond donors (Lipinski definition) is 2. The van der Waals surface area contributed by atoms with Gasteiger partial charge in [0.2, 0.25) is 0 Å². The topological polar surface area (TPSA) is 46.2 Å². The summed E-state index contributed by atoms with van der Waals surface area (Å²) >= 11 is 0. The summed E-state index contributed by atoms with van der Waals surface area (Å²) in [6.45, 7) is 2.16. The van der Waals surface area contributed by atoms with Crippen molar-refractivity contribution in [1.82, 2.24) is 0 Å². The van der Waals surface area contributed by atoms with E-state index in [2.05, 4.69) is 6.92 Å². The Morgan fingerprint density at radius 1 is 1.42 bits per heavy atom. The molecule has 0 aromatic rings. The molecule has 2 nitrogen and oxygen atoms in total. The molecule has 1 aliphatic carbocycles. The van der Waals surface area contributed by atoms with Crippen molar-refractivity contribution < 1.29 is 5.11 Å². The molecule has 0 saturated heterocycles. The summed E-state index contributed by atoms with van der Waals surface area (Å²) < 4.78 is 0. The smallest absolute Gasteiger partial charge is 0.0797 e. The first kappa shape index (κ1) is 10.0. The Bertz CT molecular complexity index is 130. The van der Waals surface area contributed by atoms with Crippen LogP contribution in [0.25, 0.3) is 0 Å². The summed E-state index contributed by atoms with van der Waals surface area (Å²) in [5.41, 5.74) is 5.43. The van der Waals surface area contributed by atoms with Crippen molar-refractivity contribution in [2.75, 3.05) is 0 Å². The van der Waals surface area contributed by atoms with E-state index in [1.54, 1.807) is 0 Å². The maximum atomic E-state index is 10.1. The number of aliphatic hydroxyl groups is 1. The highest BCUT2D eigenvalue weighted by molar-refractivity contribution is 4.93. The van der Waals surface area contributed by atoms with Crippen molar-refractivity contribution in [3.8, 4) is 0 Å². The van der Waals surface area contributed by atoms with Crippen LogP contribution in [0, 0.1) is 0 Å². The lowest BCUT2D eigenvalue weighted by molar-refractivity contribution is 0.0177. The molecule has 0 radical (unpaired) electrons. The van der Waals surface area contributed by atoms with Crippen molar-refractivity contribution in [2.24, 2.45) is 5.73 Å². The zero-order valence-electron chi connectivity index (χ0n) is 8.05. The molecule has 1 unspecified atom stereocenters. The fourth-order valence-electron chi connectivity index (χ4n) is 2.05. The van der Waals surface area contributed by atoms with Gasteiger partial charge in [-0.25, -0.2) is 0 Å². The lowest BCUT2D eigenvalue weighted by atomic mass is 9.89. The third-order valence-electron chi connectivity index (χ3n) is 3.03. The van der Waals surface area contributed by atoms with Crippen LogP contribution in [-0.4, -0.2) is 16.7 Å². The summed E-state index contributed by atoms with van der Waals surface area (Å²) in [6.07, 6.45) is 7.42. The Hall–Kier alpha value is -0.0800. The molecule has 1 atom stereocenters. The monoisotopic (exact) mass is 171 g/mol. The van der Waals surface area contributed by atoms with Gasteiger partial charge in [-0.3, -0.25) is 0 Å². The standard InChI is InChI=1S/C10H21NO/c1-2-3-6-9(11)10(12)7-4-5-8-10/h9,12H,2-8,11H2,1H3. The normalized spacial score (nSPS) is 24.2. The molecule has 0 aliphatic heterocycles. The van der Waals surface area contributed by atoms with E-state index >= 15 is 0 Å². The van der Waals surface area contributed by atoms with E-state index in [0.29, 0.717) is 0 Å². The van der Waals surface area contributed by atoms with Crippen LogP contribution in [-0.2, 0) is 0 Å². The molecular formula is C10H21NO. The molecule has 1 fully saturated rings. The zero-order valence-corrected chi connectivity index (χ0v) is 8.05. The van der Waals surface area contributed by atoms with E-state index in [9.17, 15) is 5.11 Å². The number of unbranched alkanes of at least 4 members (excludes halogenated alkanes) is 1. The van der Waals surface area contributed by atoms with Crippen molar-refractivity contribution in [1.29, 1.82) is 0 Å². The van der Waals surface area contributed by atoms with Crippen LogP contribution in [0.1, 0.15) is 51.9 Å². The largest absolute Gasteiger partial charge is 0.388 e. The third kappa shape index (κ3) is 2.20. The zero-order chi connectivity index (χ0) is 9.03. The molecule has 1 rings (SSSR count). The Labute approximate surface area is 75.2 Å². The van der Waals surface area contributed by atoms with Gasteiger partial charge < -0.3 is 10.8 Å². The SMILES string of the molecule is CCCCC(N)C1(O)CCCC1. The second-order valence-corrected chi connectivity index (χ2v) is 4.06. The minimum atomic E-state index is -0.519. The Morgan fingerprint density at radius 2 is 2.00 bits per heavy atom. The quantitative estimate of drug-likeness (QED) is 0.677. The predicted octanol–water partition coefficient (Wildman–Crippen LogP) is 1.81. The highest BCUT2D eigenvalue weighted by Crippen LogP contribution is 2.33. The van der Waals surface area contributed by atoms with Crippen LogP contribution >= 0.6 is 0 Å². The van der Waals surface area contributed by atoms with Gasteiger partial charge in [-0.1, -0.05) is 32.6 Å². The van der Waals surface area contributed by atoms with Crippen LogP contribution < -0.4 is 5.73 Å². The highest BCUT2D eigenvalue weighted by Gasteiger charge is 2.36. The fraction of sp³-hybridized carbons (Fsp3) is 1.00. The lowest BCUT2D eigenvalue weighted by Gasteiger charge is -2.29. The maximum Gasteiger partial charge on any atom is 0.0797 e. The first-order chi connectivity index (χ1) is 5.69. The van der Waals surface area contributed by atoms with Gasteiger partial charge in [0.25, 0.3) is 0 Å². The first-order valence-corrected chi connectivity index (χ1v) is 5.17. The van der Waals surface area contributed by atoms with E-state index in [0.717, 1.165) is 38.5 Å². The van der Waals surface area contributed by atoms with E-state index in [4.69, 9.17) is 5.73 Å². The van der Waals surface area contributed by atoms with Gasteiger partial charge in [0.15, 0.2) is 0 Å². The van der Waals surface area contributed by atoms with E-state index in [1.807, 2.05) is 0 Å². The average Bonchev–Trinajstić information content (AvgIpc) is 2.49. The third-order valence-corrected chi connectivity index (χ3v) is 3.03. The fourth-order valence-corrected chi connectivity index (χ4v) is 2.05. The molecule has 72 valence electrons. The van der Waals surface area contributed by atoms with Gasteiger partial charge in [-0.15, -0.1) is 0 Å². The minimum Gasteiger partial charge on any atom is -0.388 e. The van der Waals surface area contributed by atoms with E-state index in [1.165, 1.54) is 6.42 Å². The van der Waals surface area contributed by atoms with Gasteiger partial charge in [-0.05, 0) is 19.3 Å². The second-order valence-electron chi connectivity index (χ2n) is 4.06. The van der Waals surface area contributed by atoms with Crippen molar-refractivity contribution in [2.45, 2.75) is 63.5 Å². The Morgan fingerprint density at radius 3 is 2.50 bits per heavy atom. The molecule has 0 spiro atoms. The number of nitrogens with two attached hydrogens (primary N) is 1. The molecule has 3 N–H and O–H groups in total. The van der Waals surface area contributed by atoms with Gasteiger partial charge in [0.05, 0.1) is 5.60 Å². The summed E-state index contributed by atoms with van der Waals surface area (Å²) in [5.74, 6) is 0. The van der Waals surface area contributed by atoms with Gasteiger partial charge >= 0.3 is 0 Å². The molecule has 12 heavy (non-hydrogen) atoms. The minimum absolute atomic E-state index is 0.0138. The lowest BCUT2D eigenvalue weighted by Crippen LogP contribution is -2.45. The maximum absolute atomic E-state index is 10.1. The predicted molar refractivity (Wildman–Crippen MR) is 50.9 cm³/mol. The highest BCUT2D eigenvalue weighted by atomic mass is 16.3. The second kappa shape index (κ2) is 4.24. The van der Waals surface area contributed by atoms with Gasteiger partial charge in [-0.2, -0.15) is 0 Å². The molecule has 1 saturated carbocycles. The molecule has 2 heteroatoms. The number of hydrogen-bond acceptors (Lipinski definition) is 2. The molecule has 0 heterocycles. The molecule has 0 bridgehead atoms. The van der Waals surface area contributed by atoms with Crippen molar-refractivity contribution in [3.05, 3.63) is 0 Å². The van der Waals surface area contributed by atoms with Crippen LogP contribution in [0.3, 0.4) is 0 Å². The van der Waals surface area contributed by atoms with Crippen LogP contribution in [0.5, 0.6) is 0 Å². The van der Waals surface area contributed by atoms with E-state index < -0.39 is 5.60 Å². The molecule has 0 aromatic heterocycles. The van der Waals surface area contributed by atoms with Gasteiger partial charge in [0.1, 0.15) is 0 Å². The molecule has 0 amide bonds. The molecule has 0 aromatic carbocycles. The summed E-state index contributed by atoms with van der Waals surface area (Å²) in [6, 6.07) is 0.0138. The van der Waals surface area contributed by atoms with Crippen LogP contribution in [0.2, 0.25) is 0 Å². The Kier molecular flexibility index (Phi) is 3.53. The van der Waals surface area contributed by atoms with Gasteiger partial charge in [0, 0.05) is 6.04 Å². The van der Waals surface area contributed by atoms with E-state index in [-0.39, 0.29) is 6.04 Å². The summed E-state index contributed by atoms with van der Waals surface area (Å²) in [7, 11) is 0. The Balaban J connectivity index is 2.33. The first-order valence-electron chi connectivity index (χ1n) is 5.17. The van der Waals surface area contributed by atoms with Crippen LogP contribution in [0.4, 0.5) is 0 Å². The molecule has 1 aliphatic rings. The average molecular weight is 171 g/mol. The molecular weight excluding hydrogens is 150 g/mol. The van der Waals surface area contributed by atoms with Crippen LogP contribution in [0.15, 0.2) is 0 Å². The summed E-state index contributed by atoms with van der Waals surface area (Å²) in [4.78, 5) is 0. The number of rotatable bonds is 4.